The lowest BCUT2D eigenvalue weighted by Crippen LogP contribution is -2.02. The van der Waals surface area contributed by atoms with Gasteiger partial charge < -0.3 is 0 Å². The minimum Gasteiger partial charge on any atom is -0.294 e. The number of carbonyl (C=O) groups is 2. The van der Waals surface area contributed by atoms with E-state index in [1.165, 1.54) is 20.0 Å². The molecule has 0 aliphatic rings. The number of aliphatic imine (C=N–C) groups is 2. The van der Waals surface area contributed by atoms with Gasteiger partial charge in [-0.05, 0) is 45.9 Å². The Hall–Kier alpha value is -2.69. The highest BCUT2D eigenvalue weighted by Crippen LogP contribution is 2.04. The summed E-state index contributed by atoms with van der Waals surface area (Å²) in [6, 6.07) is 3.52. The average molecular weight is 313 g/mol. The fourth-order valence-electron chi connectivity index (χ4n) is 1.52. The number of nitrogens with zero attached hydrogens (tertiary/aromatic N) is 3. The van der Waals surface area contributed by atoms with Crippen molar-refractivity contribution in [2.24, 2.45) is 9.98 Å². The number of rotatable bonds is 4. The molecule has 0 fully saturated rings. The SMILES string of the molecule is C=CN=C(/C=C\C)c1ccc(C(C)=O)cn1.CC(=O)N=C(C)C. The zero-order chi connectivity index (χ0) is 17.8. The number of amides is 1. The van der Waals surface area contributed by atoms with Crippen molar-refractivity contribution >= 4 is 23.1 Å². The van der Waals surface area contributed by atoms with Crippen LogP contribution in [0.5, 0.6) is 0 Å². The minimum absolute atomic E-state index is 0.00675. The molecule has 0 saturated heterocycles. The number of hydrogen-bond donors (Lipinski definition) is 0. The van der Waals surface area contributed by atoms with Gasteiger partial charge in [-0.25, -0.2) is 4.99 Å². The second kappa shape index (κ2) is 11.0. The molecular weight excluding hydrogens is 290 g/mol. The van der Waals surface area contributed by atoms with E-state index in [2.05, 4.69) is 21.5 Å². The summed E-state index contributed by atoms with van der Waals surface area (Å²) in [5.74, 6) is -0.118. The summed E-state index contributed by atoms with van der Waals surface area (Å²) in [4.78, 5) is 33.0. The van der Waals surface area contributed by atoms with E-state index in [9.17, 15) is 9.59 Å². The first-order chi connectivity index (χ1) is 10.8. The van der Waals surface area contributed by atoms with Gasteiger partial charge in [-0.1, -0.05) is 12.7 Å². The molecule has 0 N–H and O–H groups in total. The largest absolute Gasteiger partial charge is 0.294 e. The van der Waals surface area contributed by atoms with E-state index in [0.29, 0.717) is 5.56 Å². The fraction of sp³-hybridized carbons (Fsp3) is 0.278. The number of hydrogen-bond acceptors (Lipinski definition) is 4. The zero-order valence-corrected chi connectivity index (χ0v) is 14.3. The Morgan fingerprint density at radius 1 is 1.17 bits per heavy atom. The van der Waals surface area contributed by atoms with Crippen molar-refractivity contribution in [3.05, 3.63) is 54.5 Å². The number of allylic oxidation sites excluding steroid dienone is 2. The first-order valence-corrected chi connectivity index (χ1v) is 7.13. The van der Waals surface area contributed by atoms with Gasteiger partial charge in [-0.3, -0.25) is 19.6 Å². The fourth-order valence-corrected chi connectivity index (χ4v) is 1.52. The summed E-state index contributed by atoms with van der Waals surface area (Å²) in [7, 11) is 0. The highest BCUT2D eigenvalue weighted by Gasteiger charge is 2.03. The van der Waals surface area contributed by atoms with Crippen LogP contribution in [0, 0.1) is 0 Å². The third-order valence-electron chi connectivity index (χ3n) is 2.37. The molecule has 23 heavy (non-hydrogen) atoms. The molecule has 1 amide bonds. The highest BCUT2D eigenvalue weighted by molar-refractivity contribution is 6.08. The summed E-state index contributed by atoms with van der Waals surface area (Å²) in [5.41, 5.74) is 2.87. The van der Waals surface area contributed by atoms with Crippen LogP contribution in [0.3, 0.4) is 0 Å². The number of pyridine rings is 1. The third kappa shape index (κ3) is 9.03. The van der Waals surface area contributed by atoms with Crippen molar-refractivity contribution in [2.45, 2.75) is 34.6 Å². The highest BCUT2D eigenvalue weighted by atomic mass is 16.1. The van der Waals surface area contributed by atoms with Crippen molar-refractivity contribution in [2.75, 3.05) is 0 Å². The van der Waals surface area contributed by atoms with E-state index in [1.54, 1.807) is 32.2 Å². The molecule has 1 aromatic rings. The Balaban J connectivity index is 0.000000585. The van der Waals surface area contributed by atoms with Crippen LogP contribution in [0.1, 0.15) is 50.7 Å². The van der Waals surface area contributed by atoms with E-state index in [4.69, 9.17) is 0 Å². The summed E-state index contributed by atoms with van der Waals surface area (Å²) < 4.78 is 0. The Bertz CT molecular complexity index is 635. The Labute approximate surface area is 137 Å². The molecule has 5 nitrogen and oxygen atoms in total. The first kappa shape index (κ1) is 20.3. The molecular formula is C18H23N3O2. The predicted molar refractivity (Wildman–Crippen MR) is 95.3 cm³/mol. The lowest BCUT2D eigenvalue weighted by molar-refractivity contribution is -0.115. The topological polar surface area (TPSA) is 71.8 Å². The standard InChI is InChI=1S/C13H14N2O.C5H9NO/c1-4-6-12(14-5-2)13-8-7-11(9-15-13)10(3)16;1-4(2)6-5(3)7/h4-9H,2H2,1,3H3;1-3H3/b6-4-,14-12?;. The van der Waals surface area contributed by atoms with E-state index in [0.717, 1.165) is 17.1 Å². The van der Waals surface area contributed by atoms with Gasteiger partial charge in [0.15, 0.2) is 5.78 Å². The van der Waals surface area contributed by atoms with E-state index in [-0.39, 0.29) is 11.7 Å². The molecule has 0 saturated carbocycles. The maximum Gasteiger partial charge on any atom is 0.242 e. The van der Waals surface area contributed by atoms with Gasteiger partial charge in [0.05, 0.1) is 11.4 Å². The molecule has 0 aliphatic heterocycles. The van der Waals surface area contributed by atoms with Crippen LogP contribution in [-0.4, -0.2) is 28.1 Å². The van der Waals surface area contributed by atoms with Gasteiger partial charge in [0, 0.05) is 30.6 Å². The number of ketones is 1. The van der Waals surface area contributed by atoms with Gasteiger partial charge in [0.25, 0.3) is 0 Å². The van der Waals surface area contributed by atoms with E-state index < -0.39 is 0 Å². The molecule has 0 aliphatic carbocycles. The molecule has 1 rings (SSSR count). The van der Waals surface area contributed by atoms with Gasteiger partial charge in [-0.15, -0.1) is 0 Å². The van der Waals surface area contributed by atoms with Gasteiger partial charge >= 0.3 is 0 Å². The van der Waals surface area contributed by atoms with Crippen molar-refractivity contribution in [3.8, 4) is 0 Å². The van der Waals surface area contributed by atoms with Crippen LogP contribution < -0.4 is 0 Å². The number of Topliss-reactive ketones (excluding diaryl/α,β-unsaturated/α-hetero) is 1. The molecule has 0 unspecified atom stereocenters. The lowest BCUT2D eigenvalue weighted by atomic mass is 10.1. The molecule has 0 spiro atoms. The number of carbonyl (C=O) groups excluding carboxylic acids is 2. The van der Waals surface area contributed by atoms with Crippen LogP contribution in [-0.2, 0) is 4.79 Å². The molecule has 1 heterocycles. The Morgan fingerprint density at radius 3 is 2.13 bits per heavy atom. The van der Waals surface area contributed by atoms with Crippen molar-refractivity contribution < 1.29 is 9.59 Å². The monoisotopic (exact) mass is 313 g/mol. The molecule has 0 radical (unpaired) electrons. The molecule has 0 aromatic carbocycles. The summed E-state index contributed by atoms with van der Waals surface area (Å²) in [6.07, 6.45) is 6.75. The van der Waals surface area contributed by atoms with Crippen LogP contribution in [0.25, 0.3) is 0 Å². The van der Waals surface area contributed by atoms with Crippen LogP contribution >= 0.6 is 0 Å². The van der Waals surface area contributed by atoms with Crippen molar-refractivity contribution in [1.29, 1.82) is 0 Å². The molecule has 0 atom stereocenters. The smallest absolute Gasteiger partial charge is 0.242 e. The molecule has 0 bridgehead atoms. The maximum absolute atomic E-state index is 11.1. The quantitative estimate of drug-likeness (QED) is 0.627. The Kier molecular flexibility index (Phi) is 9.67. The van der Waals surface area contributed by atoms with Crippen molar-refractivity contribution in [1.82, 2.24) is 4.98 Å². The second-order valence-electron chi connectivity index (χ2n) is 4.76. The second-order valence-corrected chi connectivity index (χ2v) is 4.76. The summed E-state index contributed by atoms with van der Waals surface area (Å²) in [5, 5.41) is 0. The van der Waals surface area contributed by atoms with E-state index >= 15 is 0 Å². The lowest BCUT2D eigenvalue weighted by Gasteiger charge is -2.00. The summed E-state index contributed by atoms with van der Waals surface area (Å²) >= 11 is 0. The maximum atomic E-state index is 11.1. The zero-order valence-electron chi connectivity index (χ0n) is 14.3. The van der Waals surface area contributed by atoms with Crippen LogP contribution in [0.4, 0.5) is 0 Å². The average Bonchev–Trinajstić information content (AvgIpc) is 2.46. The molecule has 122 valence electrons. The third-order valence-corrected chi connectivity index (χ3v) is 2.37. The van der Waals surface area contributed by atoms with Gasteiger partial charge in [0.2, 0.25) is 5.91 Å². The summed E-state index contributed by atoms with van der Waals surface area (Å²) in [6.45, 7) is 12.0. The van der Waals surface area contributed by atoms with Gasteiger partial charge in [0.1, 0.15) is 0 Å². The van der Waals surface area contributed by atoms with E-state index in [1.807, 2.05) is 19.1 Å². The number of aromatic nitrogens is 1. The predicted octanol–water partition coefficient (Wildman–Crippen LogP) is 3.81. The molecule has 5 heteroatoms. The normalized spacial score (nSPS) is 10.6. The van der Waals surface area contributed by atoms with Crippen LogP contribution in [0.15, 0.2) is 53.2 Å². The first-order valence-electron chi connectivity index (χ1n) is 7.13. The minimum atomic E-state index is -0.125. The molecule has 1 aromatic heterocycles. The van der Waals surface area contributed by atoms with Gasteiger partial charge in [-0.2, -0.15) is 0 Å². The Morgan fingerprint density at radius 2 is 1.83 bits per heavy atom. The van der Waals surface area contributed by atoms with Crippen LogP contribution in [0.2, 0.25) is 0 Å². The van der Waals surface area contributed by atoms with Crippen molar-refractivity contribution in [3.63, 3.8) is 0 Å².